The van der Waals surface area contributed by atoms with Crippen LogP contribution >= 0.6 is 11.3 Å². The lowest BCUT2D eigenvalue weighted by Crippen LogP contribution is -2.44. The summed E-state index contributed by atoms with van der Waals surface area (Å²) < 4.78 is 13.3. The first-order chi connectivity index (χ1) is 11.6. The van der Waals surface area contributed by atoms with Crippen molar-refractivity contribution in [1.82, 2.24) is 15.3 Å². The summed E-state index contributed by atoms with van der Waals surface area (Å²) in [5, 5.41) is 4.47. The quantitative estimate of drug-likeness (QED) is 0.774. The van der Waals surface area contributed by atoms with Gasteiger partial charge in [-0.25, -0.2) is 14.4 Å². The summed E-state index contributed by atoms with van der Waals surface area (Å²) in [6.45, 7) is 7.82. The van der Waals surface area contributed by atoms with E-state index in [1.807, 2.05) is 19.1 Å². The van der Waals surface area contributed by atoms with Crippen LogP contribution in [0.1, 0.15) is 10.7 Å². The number of nitrogens with one attached hydrogen (secondary N) is 1. The molecule has 0 bridgehead atoms. The lowest BCUT2D eigenvalue weighted by molar-refractivity contribution is 0.585. The van der Waals surface area contributed by atoms with Crippen LogP contribution in [0.25, 0.3) is 21.3 Å². The van der Waals surface area contributed by atoms with E-state index in [4.69, 9.17) is 4.98 Å². The lowest BCUT2D eigenvalue weighted by Gasteiger charge is -2.29. The summed E-state index contributed by atoms with van der Waals surface area (Å²) in [4.78, 5) is 13.9. The van der Waals surface area contributed by atoms with Crippen molar-refractivity contribution in [2.75, 3.05) is 31.1 Å². The molecule has 6 heteroatoms. The van der Waals surface area contributed by atoms with Gasteiger partial charge in [0.25, 0.3) is 0 Å². The molecule has 1 aromatic carbocycles. The minimum absolute atomic E-state index is 0.217. The fourth-order valence-corrected chi connectivity index (χ4v) is 4.35. The molecule has 0 amide bonds. The summed E-state index contributed by atoms with van der Waals surface area (Å²) in [5.74, 6) is 1.58. The van der Waals surface area contributed by atoms with E-state index in [1.54, 1.807) is 11.3 Å². The number of aromatic nitrogens is 2. The molecule has 1 aliphatic rings. The monoisotopic (exact) mass is 342 g/mol. The fourth-order valence-electron chi connectivity index (χ4n) is 3.27. The number of benzene rings is 1. The molecule has 0 atom stereocenters. The van der Waals surface area contributed by atoms with Gasteiger partial charge in [0.15, 0.2) is 0 Å². The van der Waals surface area contributed by atoms with Gasteiger partial charge in [0.2, 0.25) is 0 Å². The van der Waals surface area contributed by atoms with Gasteiger partial charge in [-0.1, -0.05) is 12.1 Å². The third-order valence-electron chi connectivity index (χ3n) is 4.37. The first kappa shape index (κ1) is 15.5. The van der Waals surface area contributed by atoms with Crippen molar-refractivity contribution in [2.24, 2.45) is 0 Å². The molecule has 1 saturated heterocycles. The Bertz CT molecular complexity index is 882. The summed E-state index contributed by atoms with van der Waals surface area (Å²) in [5.41, 5.74) is 2.15. The highest BCUT2D eigenvalue weighted by Crippen LogP contribution is 2.41. The zero-order valence-corrected chi connectivity index (χ0v) is 14.6. The van der Waals surface area contributed by atoms with E-state index in [9.17, 15) is 4.39 Å². The molecule has 0 unspecified atom stereocenters. The Morgan fingerprint density at radius 1 is 1.08 bits per heavy atom. The molecule has 3 aromatic rings. The molecule has 0 radical (unpaired) electrons. The van der Waals surface area contributed by atoms with Gasteiger partial charge in [0.05, 0.1) is 5.39 Å². The molecule has 2 aromatic heterocycles. The Hall–Kier alpha value is -2.05. The molecule has 24 heavy (non-hydrogen) atoms. The normalized spacial score (nSPS) is 15.2. The molecule has 1 aliphatic heterocycles. The summed E-state index contributed by atoms with van der Waals surface area (Å²) >= 11 is 1.68. The molecule has 4 nitrogen and oxygen atoms in total. The SMILES string of the molecule is Cc1nc(N2CCNCC2)c2c(-c3ccc(F)cc3)c(C)sc2n1. The third-order valence-corrected chi connectivity index (χ3v) is 5.37. The maximum Gasteiger partial charge on any atom is 0.141 e. The number of nitrogens with zero attached hydrogens (tertiary/aromatic N) is 3. The molecular weight excluding hydrogens is 323 g/mol. The smallest absolute Gasteiger partial charge is 0.141 e. The van der Waals surface area contributed by atoms with E-state index < -0.39 is 0 Å². The second kappa shape index (κ2) is 6.11. The predicted octanol–water partition coefficient (Wildman–Crippen LogP) is 3.52. The van der Waals surface area contributed by atoms with Crippen molar-refractivity contribution in [2.45, 2.75) is 13.8 Å². The lowest BCUT2D eigenvalue weighted by atomic mass is 10.0. The van der Waals surface area contributed by atoms with Gasteiger partial charge < -0.3 is 10.2 Å². The molecule has 0 aliphatic carbocycles. The van der Waals surface area contributed by atoms with Gasteiger partial charge in [0.1, 0.15) is 22.3 Å². The maximum absolute atomic E-state index is 13.3. The Labute approximate surface area is 144 Å². The van der Waals surface area contributed by atoms with Crippen LogP contribution in [0.3, 0.4) is 0 Å². The van der Waals surface area contributed by atoms with Crippen LogP contribution in [0.2, 0.25) is 0 Å². The number of anilines is 1. The Morgan fingerprint density at radius 3 is 2.50 bits per heavy atom. The van der Waals surface area contributed by atoms with Crippen molar-refractivity contribution < 1.29 is 4.39 Å². The second-order valence-corrected chi connectivity index (χ2v) is 7.25. The van der Waals surface area contributed by atoms with Crippen molar-refractivity contribution in [3.8, 4) is 11.1 Å². The van der Waals surface area contributed by atoms with E-state index in [1.165, 1.54) is 17.0 Å². The first-order valence-electron chi connectivity index (χ1n) is 8.13. The largest absolute Gasteiger partial charge is 0.353 e. The Balaban J connectivity index is 1.96. The average molecular weight is 342 g/mol. The number of aryl methyl sites for hydroxylation is 2. The van der Waals surface area contributed by atoms with Crippen LogP contribution in [0.4, 0.5) is 10.2 Å². The number of fused-ring (bicyclic) bond motifs is 1. The molecule has 0 saturated carbocycles. The van der Waals surface area contributed by atoms with Crippen LogP contribution in [-0.2, 0) is 0 Å². The van der Waals surface area contributed by atoms with E-state index in [2.05, 4.69) is 22.1 Å². The van der Waals surface area contributed by atoms with Crippen molar-refractivity contribution in [1.29, 1.82) is 0 Å². The fraction of sp³-hybridized carbons (Fsp3) is 0.333. The van der Waals surface area contributed by atoms with Gasteiger partial charge in [-0.2, -0.15) is 0 Å². The standard InChI is InChI=1S/C18H19FN4S/c1-11-15(13-3-5-14(19)6-4-13)16-17(23-9-7-20-8-10-23)21-12(2)22-18(16)24-11/h3-6,20H,7-10H2,1-2H3. The maximum atomic E-state index is 13.3. The highest BCUT2D eigenvalue weighted by Gasteiger charge is 2.22. The highest BCUT2D eigenvalue weighted by atomic mass is 32.1. The summed E-state index contributed by atoms with van der Waals surface area (Å²) in [7, 11) is 0. The number of piperazine rings is 1. The minimum Gasteiger partial charge on any atom is -0.353 e. The zero-order valence-electron chi connectivity index (χ0n) is 13.8. The molecule has 4 rings (SSSR count). The van der Waals surface area contributed by atoms with Crippen LogP contribution in [-0.4, -0.2) is 36.1 Å². The van der Waals surface area contributed by atoms with E-state index >= 15 is 0 Å². The summed E-state index contributed by atoms with van der Waals surface area (Å²) in [6, 6.07) is 6.70. The number of thiophene rings is 1. The topological polar surface area (TPSA) is 41.1 Å². The number of halogens is 1. The van der Waals surface area contributed by atoms with Gasteiger partial charge in [-0.15, -0.1) is 11.3 Å². The average Bonchev–Trinajstić information content (AvgIpc) is 2.91. The van der Waals surface area contributed by atoms with Gasteiger partial charge >= 0.3 is 0 Å². The van der Waals surface area contributed by atoms with E-state index in [0.717, 1.165) is 59.2 Å². The Kier molecular flexibility index (Phi) is 3.94. The van der Waals surface area contributed by atoms with Crippen molar-refractivity contribution >= 4 is 27.4 Å². The Morgan fingerprint density at radius 2 is 1.79 bits per heavy atom. The number of rotatable bonds is 2. The van der Waals surface area contributed by atoms with Crippen molar-refractivity contribution in [3.05, 3.63) is 40.8 Å². The summed E-state index contributed by atoms with van der Waals surface area (Å²) in [6.07, 6.45) is 0. The first-order valence-corrected chi connectivity index (χ1v) is 8.94. The molecule has 1 fully saturated rings. The highest BCUT2D eigenvalue weighted by molar-refractivity contribution is 7.19. The van der Waals surface area contributed by atoms with E-state index in [-0.39, 0.29) is 5.82 Å². The van der Waals surface area contributed by atoms with Crippen LogP contribution in [0, 0.1) is 19.7 Å². The van der Waals surface area contributed by atoms with Crippen LogP contribution in [0.5, 0.6) is 0 Å². The second-order valence-electron chi connectivity index (χ2n) is 6.05. The van der Waals surface area contributed by atoms with Gasteiger partial charge in [0, 0.05) is 36.6 Å². The molecule has 0 spiro atoms. The minimum atomic E-state index is -0.217. The van der Waals surface area contributed by atoms with Crippen molar-refractivity contribution in [3.63, 3.8) is 0 Å². The number of hydrogen-bond acceptors (Lipinski definition) is 5. The van der Waals surface area contributed by atoms with Crippen LogP contribution < -0.4 is 10.2 Å². The predicted molar refractivity (Wildman–Crippen MR) is 97.4 cm³/mol. The van der Waals surface area contributed by atoms with Gasteiger partial charge in [-0.05, 0) is 31.5 Å². The molecular formula is C18H19FN4S. The van der Waals surface area contributed by atoms with Gasteiger partial charge in [-0.3, -0.25) is 0 Å². The van der Waals surface area contributed by atoms with Crippen LogP contribution in [0.15, 0.2) is 24.3 Å². The molecule has 124 valence electrons. The third kappa shape index (κ3) is 2.65. The zero-order chi connectivity index (χ0) is 16.7. The molecule has 1 N–H and O–H groups in total. The van der Waals surface area contributed by atoms with E-state index in [0.29, 0.717) is 0 Å². The number of hydrogen-bond donors (Lipinski definition) is 1. The molecule has 3 heterocycles.